The highest BCUT2D eigenvalue weighted by Crippen LogP contribution is 2.45. The molecule has 0 spiro atoms. The van der Waals surface area contributed by atoms with Gasteiger partial charge in [-0.1, -0.05) is 20.3 Å². The number of benzene rings is 1. The highest BCUT2D eigenvalue weighted by atomic mass is 79.9. The molecule has 0 radical (unpaired) electrons. The number of ketones is 1. The summed E-state index contributed by atoms with van der Waals surface area (Å²) in [4.78, 5) is 12.6. The maximum absolute atomic E-state index is 14.1. The first-order chi connectivity index (χ1) is 9.73. The van der Waals surface area contributed by atoms with Crippen LogP contribution in [0.1, 0.15) is 38.7 Å². The minimum absolute atomic E-state index is 0.134. The van der Waals surface area contributed by atoms with Crippen molar-refractivity contribution < 1.29 is 13.6 Å². The third-order valence-electron chi connectivity index (χ3n) is 4.29. The lowest BCUT2D eigenvalue weighted by Gasteiger charge is -2.39. The number of Topliss-reactive ketones (excluding diaryl/α,β-unsaturated/α-hetero) is 1. The number of hydrogen-bond acceptors (Lipinski definition) is 2. The summed E-state index contributed by atoms with van der Waals surface area (Å²) in [5.74, 6) is -1.68. The summed E-state index contributed by atoms with van der Waals surface area (Å²) in [5.41, 5.74) is -2.17. The van der Waals surface area contributed by atoms with Gasteiger partial charge in [-0.15, -0.1) is 0 Å². The lowest BCUT2D eigenvalue weighted by atomic mass is 9.61. The van der Waals surface area contributed by atoms with Crippen LogP contribution < -0.4 is 0 Å². The minimum atomic E-state index is -1.34. The number of hydrogen-bond donors (Lipinski definition) is 0. The highest BCUT2D eigenvalue weighted by Gasteiger charge is 2.49. The molecule has 1 aromatic carbocycles. The van der Waals surface area contributed by atoms with Gasteiger partial charge in [0.25, 0.3) is 0 Å². The second-order valence-electron chi connectivity index (χ2n) is 6.26. The second kappa shape index (κ2) is 5.49. The molecule has 2 nitrogen and oxygen atoms in total. The van der Waals surface area contributed by atoms with E-state index in [2.05, 4.69) is 15.9 Å². The second-order valence-corrected chi connectivity index (χ2v) is 7.11. The molecule has 1 saturated carbocycles. The number of carbonyl (C=O) groups is 1. The van der Waals surface area contributed by atoms with Crippen LogP contribution in [-0.2, 0) is 11.2 Å². The number of nitrogens with zero attached hydrogens (tertiary/aromatic N) is 1. The molecule has 1 aliphatic carbocycles. The van der Waals surface area contributed by atoms with Crippen LogP contribution in [-0.4, -0.2) is 5.78 Å². The van der Waals surface area contributed by atoms with Gasteiger partial charge in [-0.25, -0.2) is 8.78 Å². The van der Waals surface area contributed by atoms with Crippen molar-refractivity contribution in [2.24, 2.45) is 10.8 Å². The van der Waals surface area contributed by atoms with Crippen LogP contribution in [0.3, 0.4) is 0 Å². The van der Waals surface area contributed by atoms with Crippen LogP contribution in [0.15, 0.2) is 16.6 Å². The van der Waals surface area contributed by atoms with E-state index in [1.54, 1.807) is 13.8 Å². The summed E-state index contributed by atoms with van der Waals surface area (Å²) in [6, 6.07) is 4.47. The largest absolute Gasteiger partial charge is 0.297 e. The van der Waals surface area contributed by atoms with Crippen LogP contribution in [0.2, 0.25) is 0 Å². The zero-order valence-corrected chi connectivity index (χ0v) is 13.6. The smallest absolute Gasteiger partial charge is 0.158 e. The molecule has 0 heterocycles. The topological polar surface area (TPSA) is 40.9 Å². The Morgan fingerprint density at radius 3 is 2.62 bits per heavy atom. The maximum atomic E-state index is 14.1. The van der Waals surface area contributed by atoms with Crippen LogP contribution in [0, 0.1) is 33.8 Å². The zero-order chi connectivity index (χ0) is 15.8. The predicted molar refractivity (Wildman–Crippen MR) is 78.4 cm³/mol. The third-order valence-corrected chi connectivity index (χ3v) is 4.90. The summed E-state index contributed by atoms with van der Waals surface area (Å²) >= 11 is 3.01. The van der Waals surface area contributed by atoms with Crippen molar-refractivity contribution in [3.05, 3.63) is 33.8 Å². The Hall–Kier alpha value is -1.28. The van der Waals surface area contributed by atoms with E-state index >= 15 is 0 Å². The Labute approximate surface area is 131 Å². The molecule has 1 aromatic rings. The van der Waals surface area contributed by atoms with Gasteiger partial charge in [-0.3, -0.25) is 4.79 Å². The van der Waals surface area contributed by atoms with E-state index in [1.807, 2.05) is 6.07 Å². The monoisotopic (exact) mass is 355 g/mol. The van der Waals surface area contributed by atoms with E-state index in [4.69, 9.17) is 0 Å². The molecule has 1 aliphatic rings. The first kappa shape index (κ1) is 16.1. The third kappa shape index (κ3) is 2.74. The predicted octanol–water partition coefficient (Wildman–Crippen LogP) is 4.56. The van der Waals surface area contributed by atoms with E-state index in [0.717, 1.165) is 6.07 Å². The molecule has 1 fully saturated rings. The first-order valence-electron chi connectivity index (χ1n) is 6.82. The molecule has 1 atom stereocenters. The van der Waals surface area contributed by atoms with Gasteiger partial charge in [-0.2, -0.15) is 5.26 Å². The molecule has 5 heteroatoms. The Bertz CT molecular complexity index is 636. The van der Waals surface area contributed by atoms with E-state index in [9.17, 15) is 18.8 Å². The minimum Gasteiger partial charge on any atom is -0.297 e. The lowest BCUT2D eigenvalue weighted by molar-refractivity contribution is -0.138. The number of rotatable bonds is 2. The highest BCUT2D eigenvalue weighted by molar-refractivity contribution is 9.10. The molecule has 0 bridgehead atoms. The van der Waals surface area contributed by atoms with E-state index in [-0.39, 0.29) is 22.2 Å². The lowest BCUT2D eigenvalue weighted by Crippen LogP contribution is -2.45. The van der Waals surface area contributed by atoms with Gasteiger partial charge in [0.2, 0.25) is 0 Å². The summed E-state index contributed by atoms with van der Waals surface area (Å²) in [6.45, 7) is 3.57. The van der Waals surface area contributed by atoms with Crippen molar-refractivity contribution in [1.82, 2.24) is 0 Å². The summed E-state index contributed by atoms with van der Waals surface area (Å²) in [7, 11) is 0. The van der Waals surface area contributed by atoms with Crippen LogP contribution in [0.25, 0.3) is 0 Å². The Morgan fingerprint density at radius 2 is 2.00 bits per heavy atom. The van der Waals surface area contributed by atoms with Gasteiger partial charge in [-0.05, 0) is 40.9 Å². The Kier molecular flexibility index (Phi) is 4.21. The van der Waals surface area contributed by atoms with Crippen LogP contribution in [0.4, 0.5) is 8.78 Å². The van der Waals surface area contributed by atoms with Gasteiger partial charge in [0.05, 0.1) is 10.5 Å². The van der Waals surface area contributed by atoms with Crippen molar-refractivity contribution in [3.63, 3.8) is 0 Å². The molecule has 2 rings (SSSR count). The Balaban J connectivity index is 2.48. The normalized spacial score (nSPS) is 24.7. The van der Waals surface area contributed by atoms with Gasteiger partial charge in [0.15, 0.2) is 5.78 Å². The van der Waals surface area contributed by atoms with Crippen molar-refractivity contribution in [2.45, 2.75) is 39.5 Å². The standard InChI is InChI=1S/C16H16BrF2NO/c1-15(2)6-3-7-16(9-20,14(15)21)8-10-12(18)5-4-11(17)13(10)19/h4-5H,3,6-8H2,1-2H3. The van der Waals surface area contributed by atoms with Gasteiger partial charge in [0, 0.05) is 17.4 Å². The molecule has 0 amide bonds. The summed E-state index contributed by atoms with van der Waals surface area (Å²) in [6.07, 6.45) is 1.52. The van der Waals surface area contributed by atoms with Crippen LogP contribution >= 0.6 is 15.9 Å². The molecular weight excluding hydrogens is 340 g/mol. The Morgan fingerprint density at radius 1 is 1.33 bits per heavy atom. The van der Waals surface area contributed by atoms with Crippen LogP contribution in [0.5, 0.6) is 0 Å². The number of nitriles is 1. The average molecular weight is 356 g/mol. The van der Waals surface area contributed by atoms with Crippen molar-refractivity contribution in [3.8, 4) is 6.07 Å². The molecule has 21 heavy (non-hydrogen) atoms. The fourth-order valence-corrected chi connectivity index (χ4v) is 3.43. The van der Waals surface area contributed by atoms with Crippen molar-refractivity contribution >= 4 is 21.7 Å². The van der Waals surface area contributed by atoms with E-state index in [0.29, 0.717) is 19.3 Å². The zero-order valence-electron chi connectivity index (χ0n) is 12.0. The number of carbonyl (C=O) groups excluding carboxylic acids is 1. The molecule has 1 unspecified atom stereocenters. The van der Waals surface area contributed by atoms with Gasteiger partial charge < -0.3 is 0 Å². The summed E-state index contributed by atoms with van der Waals surface area (Å²) < 4.78 is 28.2. The van der Waals surface area contributed by atoms with Crippen molar-refractivity contribution in [2.75, 3.05) is 0 Å². The molecule has 0 aliphatic heterocycles. The fourth-order valence-electron chi connectivity index (χ4n) is 3.05. The molecular formula is C16H16BrF2NO. The molecule has 112 valence electrons. The van der Waals surface area contributed by atoms with E-state index < -0.39 is 22.5 Å². The van der Waals surface area contributed by atoms with Crippen molar-refractivity contribution in [1.29, 1.82) is 5.26 Å². The van der Waals surface area contributed by atoms with E-state index in [1.165, 1.54) is 6.07 Å². The fraction of sp³-hybridized carbons (Fsp3) is 0.500. The molecule has 0 saturated heterocycles. The van der Waals surface area contributed by atoms with Gasteiger partial charge >= 0.3 is 0 Å². The summed E-state index contributed by atoms with van der Waals surface area (Å²) in [5, 5.41) is 9.53. The maximum Gasteiger partial charge on any atom is 0.158 e. The van der Waals surface area contributed by atoms with Gasteiger partial charge in [0.1, 0.15) is 17.0 Å². The SMILES string of the molecule is CC1(C)CCCC(C#N)(Cc2c(F)ccc(Br)c2F)C1=O. The quantitative estimate of drug-likeness (QED) is 0.729. The molecule has 0 N–H and O–H groups in total. The molecule has 0 aromatic heterocycles. The first-order valence-corrected chi connectivity index (χ1v) is 7.61. The average Bonchev–Trinajstić information content (AvgIpc) is 2.44. The number of halogens is 3.